The highest BCUT2D eigenvalue weighted by Crippen LogP contribution is 1.73. The molecule has 0 aliphatic carbocycles. The molecule has 0 saturated heterocycles. The molecule has 0 rings (SSSR count). The highest BCUT2D eigenvalue weighted by molar-refractivity contribution is 5.95. The van der Waals surface area contributed by atoms with Gasteiger partial charge in [0, 0.05) is 6.21 Å². The first kappa shape index (κ1) is 8.61. The third-order valence-corrected chi connectivity index (χ3v) is 0.621. The summed E-state index contributed by atoms with van der Waals surface area (Å²) in [6.45, 7) is 1.82. The molecule has 56 valence electrons. The van der Waals surface area contributed by atoms with Crippen LogP contribution in [0, 0.1) is 0 Å². The van der Waals surface area contributed by atoms with Crippen LogP contribution in [-0.2, 0) is 0 Å². The van der Waals surface area contributed by atoms with Gasteiger partial charge >= 0.3 is 12.1 Å². The minimum atomic E-state index is -0.891. The van der Waals surface area contributed by atoms with Gasteiger partial charge in [-0.2, -0.15) is 0 Å². The average molecular weight is 143 g/mol. The number of carbonyl (C=O) groups excluding carboxylic acids is 2. The SMILES string of the molecule is CCC=NC(=O)NC(N)=O. The Morgan fingerprint density at radius 2 is 2.30 bits per heavy atom. The lowest BCUT2D eigenvalue weighted by molar-refractivity contribution is 0.237. The fourth-order valence-corrected chi connectivity index (χ4v) is 0.312. The number of primary amides is 1. The number of rotatable bonds is 1. The van der Waals surface area contributed by atoms with E-state index in [1.165, 1.54) is 6.21 Å². The van der Waals surface area contributed by atoms with Gasteiger partial charge in [-0.25, -0.2) is 14.6 Å². The Hall–Kier alpha value is -1.39. The van der Waals surface area contributed by atoms with E-state index < -0.39 is 12.1 Å². The molecule has 0 saturated carbocycles. The Bertz CT molecular complexity index is 164. The van der Waals surface area contributed by atoms with Crippen LogP contribution in [0.4, 0.5) is 9.59 Å². The zero-order valence-electron chi connectivity index (χ0n) is 5.63. The smallest absolute Gasteiger partial charge is 0.348 e. The molecule has 4 amide bonds. The zero-order chi connectivity index (χ0) is 7.98. The van der Waals surface area contributed by atoms with Crippen LogP contribution in [0.15, 0.2) is 4.99 Å². The van der Waals surface area contributed by atoms with E-state index in [-0.39, 0.29) is 0 Å². The van der Waals surface area contributed by atoms with Crippen LogP contribution < -0.4 is 11.1 Å². The van der Waals surface area contributed by atoms with Crippen LogP contribution in [0.2, 0.25) is 0 Å². The van der Waals surface area contributed by atoms with Crippen molar-refractivity contribution in [1.82, 2.24) is 5.32 Å². The molecule has 0 atom stereocenters. The van der Waals surface area contributed by atoms with Gasteiger partial charge in [0.1, 0.15) is 0 Å². The van der Waals surface area contributed by atoms with E-state index >= 15 is 0 Å². The quantitative estimate of drug-likeness (QED) is 0.516. The summed E-state index contributed by atoms with van der Waals surface area (Å²) in [6, 6.07) is -1.62. The number of urea groups is 2. The van der Waals surface area contributed by atoms with Gasteiger partial charge < -0.3 is 5.73 Å². The molecule has 5 heteroatoms. The van der Waals surface area contributed by atoms with Gasteiger partial charge in [0.2, 0.25) is 0 Å². The zero-order valence-corrected chi connectivity index (χ0v) is 5.63. The van der Waals surface area contributed by atoms with Crippen LogP contribution in [0.25, 0.3) is 0 Å². The van der Waals surface area contributed by atoms with Crippen molar-refractivity contribution >= 4 is 18.3 Å². The van der Waals surface area contributed by atoms with E-state index in [2.05, 4.69) is 10.7 Å². The van der Waals surface area contributed by atoms with Gasteiger partial charge in [0.25, 0.3) is 0 Å². The first-order valence-electron chi connectivity index (χ1n) is 2.79. The lowest BCUT2D eigenvalue weighted by Crippen LogP contribution is -2.32. The molecule has 0 unspecified atom stereocenters. The van der Waals surface area contributed by atoms with E-state index in [4.69, 9.17) is 0 Å². The molecular formula is C5H9N3O2. The Labute approximate surface area is 58.3 Å². The molecule has 0 aliphatic rings. The maximum absolute atomic E-state index is 10.4. The van der Waals surface area contributed by atoms with E-state index in [0.29, 0.717) is 6.42 Å². The second-order valence-electron chi connectivity index (χ2n) is 1.51. The summed E-state index contributed by atoms with van der Waals surface area (Å²) < 4.78 is 0. The third kappa shape index (κ3) is 4.76. The third-order valence-electron chi connectivity index (χ3n) is 0.621. The number of aliphatic imine (C=N–C) groups is 1. The Kier molecular flexibility index (Phi) is 3.86. The molecule has 0 fully saturated rings. The predicted octanol–water partition coefficient (Wildman–Crippen LogP) is 0.256. The van der Waals surface area contributed by atoms with E-state index in [1.807, 2.05) is 6.92 Å². The predicted molar refractivity (Wildman–Crippen MR) is 36.9 cm³/mol. The van der Waals surface area contributed by atoms with Gasteiger partial charge in [-0.1, -0.05) is 6.92 Å². The number of hydrogen-bond acceptors (Lipinski definition) is 2. The lowest BCUT2D eigenvalue weighted by atomic mass is 10.5. The number of carbonyl (C=O) groups is 2. The molecule has 0 heterocycles. The van der Waals surface area contributed by atoms with Gasteiger partial charge in [-0.15, -0.1) is 0 Å². The van der Waals surface area contributed by atoms with Crippen molar-refractivity contribution in [2.75, 3.05) is 0 Å². The minimum Gasteiger partial charge on any atom is -0.351 e. The molecule has 0 spiro atoms. The fourth-order valence-electron chi connectivity index (χ4n) is 0.312. The molecule has 5 nitrogen and oxygen atoms in total. The average Bonchev–Trinajstić information content (AvgIpc) is 1.82. The van der Waals surface area contributed by atoms with E-state index in [0.717, 1.165) is 0 Å². The summed E-state index contributed by atoms with van der Waals surface area (Å²) in [7, 11) is 0. The first-order chi connectivity index (χ1) is 4.66. The summed E-state index contributed by atoms with van der Waals surface area (Å²) in [5.74, 6) is 0. The number of nitrogens with zero attached hydrogens (tertiary/aromatic N) is 1. The molecule has 0 bridgehead atoms. The molecule has 0 radical (unpaired) electrons. The van der Waals surface area contributed by atoms with Crippen LogP contribution >= 0.6 is 0 Å². The van der Waals surface area contributed by atoms with Gasteiger partial charge in [0.15, 0.2) is 0 Å². The normalized spacial score (nSPS) is 9.70. The molecule has 0 aromatic rings. The molecule has 0 aromatic carbocycles. The van der Waals surface area contributed by atoms with Crippen molar-refractivity contribution in [1.29, 1.82) is 0 Å². The van der Waals surface area contributed by atoms with Crippen LogP contribution in [-0.4, -0.2) is 18.3 Å². The van der Waals surface area contributed by atoms with Crippen molar-refractivity contribution in [3.05, 3.63) is 0 Å². The second-order valence-corrected chi connectivity index (χ2v) is 1.51. The van der Waals surface area contributed by atoms with Crippen molar-refractivity contribution in [3.8, 4) is 0 Å². The van der Waals surface area contributed by atoms with Crippen molar-refractivity contribution in [2.45, 2.75) is 13.3 Å². The number of nitrogens with two attached hydrogens (primary N) is 1. The first-order valence-corrected chi connectivity index (χ1v) is 2.79. The van der Waals surface area contributed by atoms with E-state index in [1.54, 1.807) is 5.32 Å². The van der Waals surface area contributed by atoms with Gasteiger partial charge in [-0.05, 0) is 6.42 Å². The highest BCUT2D eigenvalue weighted by atomic mass is 16.2. The van der Waals surface area contributed by atoms with Gasteiger partial charge in [0.05, 0.1) is 0 Å². The topological polar surface area (TPSA) is 84.6 Å². The van der Waals surface area contributed by atoms with Crippen LogP contribution in [0.3, 0.4) is 0 Å². The summed E-state index contributed by atoms with van der Waals surface area (Å²) >= 11 is 0. The molecule has 0 aromatic heterocycles. The van der Waals surface area contributed by atoms with Crippen LogP contribution in [0.5, 0.6) is 0 Å². The Morgan fingerprint density at radius 1 is 1.70 bits per heavy atom. The number of nitrogens with one attached hydrogen (secondary N) is 1. The summed E-state index contributed by atoms with van der Waals surface area (Å²) in [6.07, 6.45) is 2.03. The summed E-state index contributed by atoms with van der Waals surface area (Å²) in [5.41, 5.74) is 4.62. The summed E-state index contributed by atoms with van der Waals surface area (Å²) in [5, 5.41) is 1.78. The lowest BCUT2D eigenvalue weighted by Gasteiger charge is -1.90. The molecule has 10 heavy (non-hydrogen) atoms. The second kappa shape index (κ2) is 4.49. The molecule has 3 N–H and O–H groups in total. The van der Waals surface area contributed by atoms with Crippen molar-refractivity contribution in [3.63, 3.8) is 0 Å². The monoisotopic (exact) mass is 143 g/mol. The van der Waals surface area contributed by atoms with Gasteiger partial charge in [-0.3, -0.25) is 5.32 Å². The summed E-state index contributed by atoms with van der Waals surface area (Å²) in [4.78, 5) is 23.7. The van der Waals surface area contributed by atoms with E-state index in [9.17, 15) is 9.59 Å². The maximum Gasteiger partial charge on any atom is 0.348 e. The van der Waals surface area contributed by atoms with Crippen LogP contribution in [0.1, 0.15) is 13.3 Å². The number of amides is 4. The Balaban J connectivity index is 3.64. The largest absolute Gasteiger partial charge is 0.351 e. The molecule has 0 aliphatic heterocycles. The van der Waals surface area contributed by atoms with Crippen molar-refractivity contribution in [2.24, 2.45) is 10.7 Å². The Morgan fingerprint density at radius 3 is 2.70 bits per heavy atom. The fraction of sp³-hybridized carbons (Fsp3) is 0.400. The number of imide groups is 1. The molecular weight excluding hydrogens is 134 g/mol. The minimum absolute atomic E-state index is 0.645. The standard InChI is InChI=1S/C5H9N3O2/c1-2-3-7-5(10)8-4(6)9/h3H,2H2,1H3,(H3,6,8,9,10). The van der Waals surface area contributed by atoms with Crippen molar-refractivity contribution < 1.29 is 9.59 Å². The highest BCUT2D eigenvalue weighted by Gasteiger charge is 1.97. The maximum atomic E-state index is 10.4. The number of hydrogen-bond donors (Lipinski definition) is 2.